The summed E-state index contributed by atoms with van der Waals surface area (Å²) in [5.41, 5.74) is 3.18. The number of pyridine rings is 1. The molecule has 0 bridgehead atoms. The van der Waals surface area contributed by atoms with E-state index < -0.39 is 0 Å². The van der Waals surface area contributed by atoms with Gasteiger partial charge in [-0.2, -0.15) is 0 Å². The van der Waals surface area contributed by atoms with Crippen molar-refractivity contribution in [3.63, 3.8) is 0 Å². The molecular formula is C14H17N3O. The summed E-state index contributed by atoms with van der Waals surface area (Å²) in [5, 5.41) is 1.12. The summed E-state index contributed by atoms with van der Waals surface area (Å²) < 4.78 is 1.81. The van der Waals surface area contributed by atoms with Crippen LogP contribution in [0.15, 0.2) is 18.3 Å². The molecule has 0 aromatic carbocycles. The van der Waals surface area contributed by atoms with E-state index in [1.165, 1.54) is 5.56 Å². The summed E-state index contributed by atoms with van der Waals surface area (Å²) >= 11 is 0. The van der Waals surface area contributed by atoms with Crippen molar-refractivity contribution in [1.29, 1.82) is 0 Å². The molecule has 4 heteroatoms. The third-order valence-electron chi connectivity index (χ3n) is 3.52. The molecular weight excluding hydrogens is 226 g/mol. The maximum atomic E-state index is 12.2. The molecule has 0 atom stereocenters. The number of likely N-dealkylation sites (N-methyl/N-ethyl adjacent to an activating group) is 1. The second-order valence-electron chi connectivity index (χ2n) is 5.29. The number of aromatic nitrogens is 2. The van der Waals surface area contributed by atoms with Crippen LogP contribution in [0.2, 0.25) is 0 Å². The third-order valence-corrected chi connectivity index (χ3v) is 3.52. The van der Waals surface area contributed by atoms with E-state index >= 15 is 0 Å². The summed E-state index contributed by atoms with van der Waals surface area (Å²) in [6.45, 7) is 5.61. The Bertz CT molecular complexity index is 627. The lowest BCUT2D eigenvalue weighted by Crippen LogP contribution is -2.36. The molecule has 0 fully saturated rings. The van der Waals surface area contributed by atoms with Crippen LogP contribution in [0, 0.1) is 0 Å². The molecule has 0 spiro atoms. The zero-order valence-electron chi connectivity index (χ0n) is 11.0. The van der Waals surface area contributed by atoms with Crippen molar-refractivity contribution >= 4 is 16.9 Å². The minimum Gasteiger partial charge on any atom is -0.292 e. The highest BCUT2D eigenvalue weighted by atomic mass is 16.2. The fourth-order valence-corrected chi connectivity index (χ4v) is 2.87. The van der Waals surface area contributed by atoms with Crippen molar-refractivity contribution in [1.82, 2.24) is 14.5 Å². The Labute approximate surface area is 106 Å². The van der Waals surface area contributed by atoms with E-state index in [2.05, 4.69) is 29.8 Å². The molecule has 94 valence electrons. The monoisotopic (exact) mass is 243 g/mol. The number of carbonyl (C=O) groups excluding carboxylic acids is 1. The Balaban J connectivity index is 2.39. The minimum atomic E-state index is 0.120. The molecule has 4 nitrogen and oxygen atoms in total. The van der Waals surface area contributed by atoms with Crippen LogP contribution in [0.3, 0.4) is 0 Å². The number of hydrogen-bond acceptors (Lipinski definition) is 3. The summed E-state index contributed by atoms with van der Waals surface area (Å²) in [5.74, 6) is 0.515. The quantitative estimate of drug-likeness (QED) is 0.771. The Morgan fingerprint density at radius 1 is 1.33 bits per heavy atom. The molecule has 3 rings (SSSR count). The van der Waals surface area contributed by atoms with Crippen LogP contribution in [-0.2, 0) is 6.54 Å². The smallest absolute Gasteiger partial charge is 0.246 e. The van der Waals surface area contributed by atoms with E-state index in [0.29, 0.717) is 12.5 Å². The van der Waals surface area contributed by atoms with Gasteiger partial charge in [0.15, 0.2) is 0 Å². The highest BCUT2D eigenvalue weighted by molar-refractivity contribution is 5.95. The van der Waals surface area contributed by atoms with Crippen LogP contribution in [0.5, 0.6) is 0 Å². The number of hydrogen-bond donors (Lipinski definition) is 0. The van der Waals surface area contributed by atoms with Crippen molar-refractivity contribution < 1.29 is 4.79 Å². The third kappa shape index (κ3) is 1.49. The number of rotatable bonds is 1. The fraction of sp³-hybridized carbons (Fsp3) is 0.429. The van der Waals surface area contributed by atoms with Gasteiger partial charge in [-0.15, -0.1) is 0 Å². The second-order valence-corrected chi connectivity index (χ2v) is 5.29. The highest BCUT2D eigenvalue weighted by Gasteiger charge is 2.28. The largest absolute Gasteiger partial charge is 0.292 e. The molecule has 18 heavy (non-hydrogen) atoms. The maximum Gasteiger partial charge on any atom is 0.246 e. The molecule has 2 aromatic heterocycles. The van der Waals surface area contributed by atoms with Crippen molar-refractivity contribution in [2.24, 2.45) is 0 Å². The molecule has 0 radical (unpaired) electrons. The van der Waals surface area contributed by atoms with Crippen LogP contribution >= 0.6 is 0 Å². The summed E-state index contributed by atoms with van der Waals surface area (Å²) in [4.78, 5) is 18.7. The van der Waals surface area contributed by atoms with E-state index in [-0.39, 0.29) is 5.91 Å². The maximum absolute atomic E-state index is 12.2. The summed E-state index contributed by atoms with van der Waals surface area (Å²) in [7, 11) is 1.98. The van der Waals surface area contributed by atoms with Crippen LogP contribution in [-0.4, -0.2) is 34.0 Å². The molecule has 0 amide bonds. The van der Waals surface area contributed by atoms with E-state index in [4.69, 9.17) is 0 Å². The average molecular weight is 243 g/mol. The fourth-order valence-electron chi connectivity index (χ4n) is 2.87. The molecule has 0 N–H and O–H groups in total. The lowest BCUT2D eigenvalue weighted by Gasteiger charge is -2.24. The molecule has 0 saturated heterocycles. The van der Waals surface area contributed by atoms with Crippen LogP contribution in [0.1, 0.15) is 35.8 Å². The number of carbonyl (C=O) groups is 1. The molecule has 0 aliphatic carbocycles. The van der Waals surface area contributed by atoms with Crippen molar-refractivity contribution in [3.05, 3.63) is 29.6 Å². The Morgan fingerprint density at radius 2 is 2.11 bits per heavy atom. The minimum absolute atomic E-state index is 0.120. The van der Waals surface area contributed by atoms with E-state index in [9.17, 15) is 4.79 Å². The van der Waals surface area contributed by atoms with Crippen molar-refractivity contribution in [2.45, 2.75) is 26.3 Å². The first kappa shape index (κ1) is 11.4. The van der Waals surface area contributed by atoms with E-state index in [0.717, 1.165) is 23.3 Å². The normalized spacial score (nSPS) is 16.6. The van der Waals surface area contributed by atoms with Gasteiger partial charge in [-0.25, -0.2) is 4.98 Å². The van der Waals surface area contributed by atoms with Gasteiger partial charge in [0.05, 0.1) is 6.54 Å². The first-order valence-corrected chi connectivity index (χ1v) is 6.29. The predicted octanol–water partition coefficient (Wildman–Crippen LogP) is 2.25. The average Bonchev–Trinajstić information content (AvgIpc) is 2.62. The molecule has 0 saturated carbocycles. The first-order valence-electron chi connectivity index (χ1n) is 6.29. The lowest BCUT2D eigenvalue weighted by atomic mass is 9.99. The van der Waals surface area contributed by atoms with Gasteiger partial charge in [-0.3, -0.25) is 14.3 Å². The van der Waals surface area contributed by atoms with Gasteiger partial charge in [0, 0.05) is 23.8 Å². The predicted molar refractivity (Wildman–Crippen MR) is 70.8 cm³/mol. The summed E-state index contributed by atoms with van der Waals surface area (Å²) in [6, 6.07) is 4.00. The number of nitrogens with zero attached hydrogens (tertiary/aromatic N) is 3. The van der Waals surface area contributed by atoms with Gasteiger partial charge in [0.25, 0.3) is 0 Å². The van der Waals surface area contributed by atoms with Crippen LogP contribution in [0.25, 0.3) is 11.0 Å². The Kier molecular flexibility index (Phi) is 2.48. The topological polar surface area (TPSA) is 38.1 Å². The van der Waals surface area contributed by atoms with Gasteiger partial charge in [0.1, 0.15) is 5.65 Å². The molecule has 2 aromatic rings. The van der Waals surface area contributed by atoms with Crippen molar-refractivity contribution in [3.8, 4) is 0 Å². The zero-order chi connectivity index (χ0) is 12.9. The lowest BCUT2D eigenvalue weighted by molar-refractivity contribution is 0.0824. The molecule has 1 aliphatic rings. The van der Waals surface area contributed by atoms with E-state index in [1.807, 2.05) is 17.7 Å². The van der Waals surface area contributed by atoms with Gasteiger partial charge in [0.2, 0.25) is 5.91 Å². The van der Waals surface area contributed by atoms with Gasteiger partial charge >= 0.3 is 0 Å². The Morgan fingerprint density at radius 3 is 2.83 bits per heavy atom. The van der Waals surface area contributed by atoms with Crippen LogP contribution in [0.4, 0.5) is 0 Å². The van der Waals surface area contributed by atoms with Crippen molar-refractivity contribution in [2.75, 3.05) is 13.6 Å². The van der Waals surface area contributed by atoms with Gasteiger partial charge in [-0.1, -0.05) is 13.8 Å². The van der Waals surface area contributed by atoms with Crippen LogP contribution < -0.4 is 0 Å². The van der Waals surface area contributed by atoms with E-state index in [1.54, 1.807) is 6.20 Å². The highest BCUT2D eigenvalue weighted by Crippen LogP contribution is 2.33. The van der Waals surface area contributed by atoms with Gasteiger partial charge < -0.3 is 0 Å². The molecule has 3 heterocycles. The summed E-state index contributed by atoms with van der Waals surface area (Å²) in [6.07, 6.45) is 1.76. The second kappa shape index (κ2) is 3.92. The molecule has 0 unspecified atom stereocenters. The van der Waals surface area contributed by atoms with Gasteiger partial charge in [-0.05, 0) is 30.7 Å². The standard InChI is InChI=1S/C14H17N3O/c1-9(2)13-10-5-4-6-15-14(10)17-11(13)7-16(3)8-12(17)18/h4-6,9H,7-8H2,1-3H3. The number of fused-ring (bicyclic) bond motifs is 3. The first-order chi connectivity index (χ1) is 8.59. The molecule has 1 aliphatic heterocycles. The Hall–Kier alpha value is -1.68. The SMILES string of the molecule is CC(C)c1c2n(c3ncccc13)C(=O)CN(C)C2. The zero-order valence-corrected chi connectivity index (χ0v) is 11.0.